The maximum atomic E-state index is 14.7. The lowest BCUT2D eigenvalue weighted by Crippen LogP contribution is -2.61. The Balaban J connectivity index is 1.85. The summed E-state index contributed by atoms with van der Waals surface area (Å²) in [4.78, 5) is 49.0. The number of rotatable bonds is 12. The van der Waals surface area contributed by atoms with E-state index < -0.39 is 39.0 Å². The first-order valence-electron chi connectivity index (χ1n) is 14.9. The molecule has 3 heterocycles. The Kier molecular flexibility index (Phi) is 9.15. The minimum Gasteiger partial charge on any atom is -0.394 e. The Morgan fingerprint density at radius 3 is 2.37 bits per heavy atom. The fourth-order valence-corrected chi connectivity index (χ4v) is 9.76. The fourth-order valence-electron chi connectivity index (χ4n) is 7.43. The molecule has 3 aliphatic rings. The third kappa shape index (κ3) is 5.38. The second-order valence-electron chi connectivity index (χ2n) is 13.0. The highest BCUT2D eigenvalue weighted by Gasteiger charge is 2.78. The summed E-state index contributed by atoms with van der Waals surface area (Å²) in [5.74, 6) is -1.53. The number of likely N-dealkylation sites (tertiary alicyclic amines) is 1. The van der Waals surface area contributed by atoms with Crippen molar-refractivity contribution in [2.24, 2.45) is 11.8 Å². The van der Waals surface area contributed by atoms with Gasteiger partial charge < -0.3 is 19.8 Å². The first-order valence-corrected chi connectivity index (χ1v) is 15.7. The summed E-state index contributed by atoms with van der Waals surface area (Å²) in [6.07, 6.45) is 6.11. The van der Waals surface area contributed by atoms with Crippen LogP contribution < -0.4 is 0 Å². The minimum absolute atomic E-state index is 0.0305. The third-order valence-electron chi connectivity index (χ3n) is 9.17. The zero-order valence-corrected chi connectivity index (χ0v) is 26.2. The van der Waals surface area contributed by atoms with Crippen LogP contribution in [0.3, 0.4) is 0 Å². The zero-order valence-electron chi connectivity index (χ0n) is 25.3. The van der Waals surface area contributed by atoms with E-state index >= 15 is 0 Å². The van der Waals surface area contributed by atoms with Crippen molar-refractivity contribution in [2.75, 3.05) is 26.2 Å². The average molecular weight is 582 g/mol. The summed E-state index contributed by atoms with van der Waals surface area (Å²) in [5, 5.41) is 10.7. The van der Waals surface area contributed by atoms with E-state index in [9.17, 15) is 19.5 Å². The summed E-state index contributed by atoms with van der Waals surface area (Å²) in [6, 6.07) is 8.38. The number of fused-ring (bicyclic) bond motifs is 1. The van der Waals surface area contributed by atoms with Gasteiger partial charge in [0.15, 0.2) is 0 Å². The smallest absolute Gasteiger partial charge is 0.247 e. The number of aliphatic hydroxyl groups excluding tert-OH is 1. The van der Waals surface area contributed by atoms with Gasteiger partial charge in [0.2, 0.25) is 17.7 Å². The lowest BCUT2D eigenvalue weighted by atomic mass is 9.66. The van der Waals surface area contributed by atoms with E-state index in [1.807, 2.05) is 62.9 Å². The van der Waals surface area contributed by atoms with Gasteiger partial charge in [-0.25, -0.2) is 0 Å². The van der Waals surface area contributed by atoms with Gasteiger partial charge in [-0.1, -0.05) is 49.4 Å². The molecule has 3 saturated heterocycles. The van der Waals surface area contributed by atoms with Gasteiger partial charge in [0.1, 0.15) is 6.04 Å². The molecule has 0 radical (unpaired) electrons. The summed E-state index contributed by atoms with van der Waals surface area (Å²) < 4.78 is -1.20. The number of carbonyl (C=O) groups excluding carboxylic acids is 3. The van der Waals surface area contributed by atoms with Crippen molar-refractivity contribution in [2.45, 2.75) is 87.4 Å². The predicted molar refractivity (Wildman–Crippen MR) is 165 cm³/mol. The molecular weight excluding hydrogens is 534 g/mol. The van der Waals surface area contributed by atoms with Crippen LogP contribution in [-0.4, -0.2) is 90.9 Å². The van der Waals surface area contributed by atoms with E-state index in [-0.39, 0.29) is 24.3 Å². The average Bonchev–Trinajstić information content (AvgIpc) is 3.50. The van der Waals surface area contributed by atoms with Crippen molar-refractivity contribution in [1.82, 2.24) is 14.7 Å². The molecule has 0 saturated carbocycles. The molecule has 0 aliphatic carbocycles. The van der Waals surface area contributed by atoms with Gasteiger partial charge >= 0.3 is 0 Å². The van der Waals surface area contributed by atoms with E-state index in [1.165, 1.54) is 0 Å². The van der Waals surface area contributed by atoms with Crippen LogP contribution in [0.5, 0.6) is 0 Å². The number of aliphatic hydroxyl groups is 1. The second-order valence-corrected chi connectivity index (χ2v) is 14.9. The molecule has 7 nitrogen and oxygen atoms in total. The molecular formula is C33H47N3O4S. The molecule has 1 spiro atoms. The number of hydrogen-bond acceptors (Lipinski definition) is 5. The standard InChI is InChI=1S/C33H47N3O4S/c1-8-18-34(19-9-2)28(38)25-26-29(39)36(24(22-37)21-23-14-12-11-13-15-23)27(33(26)17-16-32(25,7)41-33)30(40)35(20-10-3)31(4,5)6/h8,10-15,24-27,37H,1,3,9,16-22H2,2,4-7H3/t24-,25+,26+,27?,32-,33?/m1/s1. The molecule has 1 aromatic rings. The van der Waals surface area contributed by atoms with Crippen molar-refractivity contribution < 1.29 is 19.5 Å². The Bertz CT molecular complexity index is 1170. The molecule has 0 aromatic heterocycles. The maximum absolute atomic E-state index is 14.7. The molecule has 8 heteroatoms. The fraction of sp³-hybridized carbons (Fsp3) is 0.606. The quantitative estimate of drug-likeness (QED) is 0.372. The van der Waals surface area contributed by atoms with E-state index in [0.717, 1.165) is 18.4 Å². The summed E-state index contributed by atoms with van der Waals surface area (Å²) >= 11 is 1.68. The number of thioether (sulfide) groups is 1. The second kappa shape index (κ2) is 12.0. The van der Waals surface area contributed by atoms with Crippen LogP contribution in [0.1, 0.15) is 59.4 Å². The summed E-state index contributed by atoms with van der Waals surface area (Å²) in [5.41, 5.74) is 0.473. The molecule has 1 aromatic carbocycles. The van der Waals surface area contributed by atoms with Crippen molar-refractivity contribution in [1.29, 1.82) is 0 Å². The maximum Gasteiger partial charge on any atom is 0.247 e. The topological polar surface area (TPSA) is 81.2 Å². The highest BCUT2D eigenvalue weighted by atomic mass is 32.2. The van der Waals surface area contributed by atoms with E-state index in [4.69, 9.17) is 0 Å². The van der Waals surface area contributed by atoms with E-state index in [2.05, 4.69) is 20.1 Å². The number of nitrogens with zero attached hydrogens (tertiary/aromatic N) is 3. The van der Waals surface area contributed by atoms with Gasteiger partial charge in [0.25, 0.3) is 0 Å². The van der Waals surface area contributed by atoms with Crippen LogP contribution in [0.25, 0.3) is 0 Å². The van der Waals surface area contributed by atoms with Gasteiger partial charge in [-0.15, -0.1) is 24.9 Å². The third-order valence-corrected chi connectivity index (χ3v) is 11.2. The molecule has 2 unspecified atom stereocenters. The van der Waals surface area contributed by atoms with Crippen LogP contribution in [0, 0.1) is 11.8 Å². The zero-order chi connectivity index (χ0) is 30.2. The molecule has 3 aliphatic heterocycles. The number of amides is 3. The van der Waals surface area contributed by atoms with Gasteiger partial charge in [-0.2, -0.15) is 0 Å². The molecule has 224 valence electrons. The van der Waals surface area contributed by atoms with Crippen LogP contribution in [0.2, 0.25) is 0 Å². The predicted octanol–water partition coefficient (Wildman–Crippen LogP) is 4.31. The number of hydrogen-bond donors (Lipinski definition) is 1. The highest BCUT2D eigenvalue weighted by molar-refractivity contribution is 8.02. The van der Waals surface area contributed by atoms with Crippen LogP contribution in [-0.2, 0) is 20.8 Å². The van der Waals surface area contributed by atoms with Crippen molar-refractivity contribution >= 4 is 29.5 Å². The van der Waals surface area contributed by atoms with Crippen LogP contribution >= 0.6 is 11.8 Å². The molecule has 6 atom stereocenters. The van der Waals surface area contributed by atoms with Crippen molar-refractivity contribution in [3.05, 3.63) is 61.2 Å². The minimum atomic E-state index is -0.788. The Hall–Kier alpha value is -2.58. The number of carbonyl (C=O) groups is 3. The first kappa shape index (κ1) is 31.4. The molecule has 1 N–H and O–H groups in total. The number of benzene rings is 1. The Morgan fingerprint density at radius 1 is 1.15 bits per heavy atom. The van der Waals surface area contributed by atoms with Gasteiger partial charge in [0.05, 0.1) is 29.2 Å². The highest BCUT2D eigenvalue weighted by Crippen LogP contribution is 2.72. The van der Waals surface area contributed by atoms with Crippen LogP contribution in [0.15, 0.2) is 55.6 Å². The molecule has 3 amide bonds. The molecule has 3 fully saturated rings. The summed E-state index contributed by atoms with van der Waals surface area (Å²) in [7, 11) is 0. The Morgan fingerprint density at radius 2 is 1.80 bits per heavy atom. The van der Waals surface area contributed by atoms with Gasteiger partial charge in [-0.05, 0) is 58.9 Å². The molecule has 2 bridgehead atoms. The largest absolute Gasteiger partial charge is 0.394 e. The van der Waals surface area contributed by atoms with Crippen LogP contribution in [0.4, 0.5) is 0 Å². The molecule has 4 rings (SSSR count). The Labute approximate surface area is 250 Å². The van der Waals surface area contributed by atoms with Gasteiger partial charge in [-0.3, -0.25) is 14.4 Å². The summed E-state index contributed by atoms with van der Waals surface area (Å²) in [6.45, 7) is 18.9. The lowest BCUT2D eigenvalue weighted by Gasteiger charge is -2.43. The SMILES string of the molecule is C=CCN(CCC)C(=O)[C@@H]1[C@H]2C(=O)N([C@@H](CO)Cc3ccccc3)C(C(=O)N(CC=C)C(C)(C)C)C23CC[C@@]1(C)S3. The van der Waals surface area contributed by atoms with Crippen molar-refractivity contribution in [3.63, 3.8) is 0 Å². The van der Waals surface area contributed by atoms with Crippen molar-refractivity contribution in [3.8, 4) is 0 Å². The van der Waals surface area contributed by atoms with E-state index in [1.54, 1.807) is 33.7 Å². The lowest BCUT2D eigenvalue weighted by molar-refractivity contribution is -0.149. The normalized spacial score (nSPS) is 29.3. The molecule has 41 heavy (non-hydrogen) atoms. The first-order chi connectivity index (χ1) is 19.4. The van der Waals surface area contributed by atoms with E-state index in [0.29, 0.717) is 32.5 Å². The monoisotopic (exact) mass is 581 g/mol. The van der Waals surface area contributed by atoms with Gasteiger partial charge in [0, 0.05) is 29.9 Å².